The zero-order chi connectivity index (χ0) is 13.0. The molecule has 100 valence electrons. The summed E-state index contributed by atoms with van der Waals surface area (Å²) in [6.45, 7) is 3.37. The lowest BCUT2D eigenvalue weighted by Crippen LogP contribution is -2.41. The standard InChI is InChI=1S/C15H23NOS/c1-15(11-17)9-3-4-14(15)16-10-12-5-7-13(18-2)8-6-12/h5-8,14,16-17H,3-4,9-11H2,1-2H3. The molecule has 0 radical (unpaired) electrons. The Hall–Kier alpha value is -0.510. The topological polar surface area (TPSA) is 32.3 Å². The van der Waals surface area contributed by atoms with E-state index in [1.165, 1.54) is 23.3 Å². The Bertz CT molecular complexity index is 379. The van der Waals surface area contributed by atoms with Gasteiger partial charge in [0.25, 0.3) is 0 Å². The molecule has 2 rings (SSSR count). The van der Waals surface area contributed by atoms with Gasteiger partial charge in [-0.3, -0.25) is 0 Å². The van der Waals surface area contributed by atoms with Gasteiger partial charge in [0.2, 0.25) is 0 Å². The van der Waals surface area contributed by atoms with Gasteiger partial charge in [-0.05, 0) is 36.8 Å². The molecule has 1 saturated carbocycles. The Balaban J connectivity index is 1.90. The number of thioether (sulfide) groups is 1. The summed E-state index contributed by atoms with van der Waals surface area (Å²) in [4.78, 5) is 1.31. The smallest absolute Gasteiger partial charge is 0.0499 e. The van der Waals surface area contributed by atoms with Gasteiger partial charge in [0, 0.05) is 29.5 Å². The van der Waals surface area contributed by atoms with Gasteiger partial charge in [-0.15, -0.1) is 11.8 Å². The van der Waals surface area contributed by atoms with Crippen LogP contribution in [0.4, 0.5) is 0 Å². The van der Waals surface area contributed by atoms with E-state index in [0.29, 0.717) is 6.04 Å². The van der Waals surface area contributed by atoms with Crippen molar-refractivity contribution in [2.45, 2.75) is 43.7 Å². The van der Waals surface area contributed by atoms with Gasteiger partial charge < -0.3 is 10.4 Å². The predicted molar refractivity (Wildman–Crippen MR) is 77.9 cm³/mol. The van der Waals surface area contributed by atoms with Gasteiger partial charge in [0.05, 0.1) is 0 Å². The molecule has 0 amide bonds. The zero-order valence-electron chi connectivity index (χ0n) is 11.3. The fraction of sp³-hybridized carbons (Fsp3) is 0.600. The summed E-state index contributed by atoms with van der Waals surface area (Å²) in [6, 6.07) is 9.15. The SMILES string of the molecule is CSc1ccc(CNC2CCCC2(C)CO)cc1. The highest BCUT2D eigenvalue weighted by molar-refractivity contribution is 7.98. The Labute approximate surface area is 114 Å². The summed E-state index contributed by atoms with van der Waals surface area (Å²) >= 11 is 1.77. The Kier molecular flexibility index (Phi) is 4.71. The fourth-order valence-electron chi connectivity index (χ4n) is 2.75. The highest BCUT2D eigenvalue weighted by Gasteiger charge is 2.37. The summed E-state index contributed by atoms with van der Waals surface area (Å²) < 4.78 is 0. The Morgan fingerprint density at radius 3 is 2.72 bits per heavy atom. The van der Waals surface area contributed by atoms with Crippen LogP contribution >= 0.6 is 11.8 Å². The van der Waals surface area contributed by atoms with Crippen molar-refractivity contribution in [1.29, 1.82) is 0 Å². The number of aliphatic hydroxyl groups excluding tert-OH is 1. The minimum Gasteiger partial charge on any atom is -0.396 e. The van der Waals surface area contributed by atoms with Gasteiger partial charge in [-0.2, -0.15) is 0 Å². The third-order valence-corrected chi connectivity index (χ3v) is 4.90. The maximum atomic E-state index is 9.52. The normalized spacial score (nSPS) is 27.6. The largest absolute Gasteiger partial charge is 0.396 e. The van der Waals surface area contributed by atoms with Crippen LogP contribution in [-0.4, -0.2) is 24.0 Å². The van der Waals surface area contributed by atoms with Crippen molar-refractivity contribution in [3.63, 3.8) is 0 Å². The first-order valence-electron chi connectivity index (χ1n) is 6.65. The second-order valence-electron chi connectivity index (χ2n) is 5.49. The van der Waals surface area contributed by atoms with E-state index < -0.39 is 0 Å². The van der Waals surface area contributed by atoms with Crippen molar-refractivity contribution in [2.75, 3.05) is 12.9 Å². The lowest BCUT2D eigenvalue weighted by Gasteiger charge is -2.30. The Morgan fingerprint density at radius 2 is 2.11 bits per heavy atom. The van der Waals surface area contributed by atoms with Crippen molar-refractivity contribution >= 4 is 11.8 Å². The van der Waals surface area contributed by atoms with Crippen LogP contribution in [0.15, 0.2) is 29.2 Å². The number of nitrogens with one attached hydrogen (secondary N) is 1. The molecular weight excluding hydrogens is 242 g/mol. The summed E-state index contributed by atoms with van der Waals surface area (Å²) in [5, 5.41) is 13.1. The number of rotatable bonds is 5. The summed E-state index contributed by atoms with van der Waals surface area (Å²) in [5.41, 5.74) is 1.39. The predicted octanol–water partition coefficient (Wildman–Crippen LogP) is 3.05. The Morgan fingerprint density at radius 1 is 1.39 bits per heavy atom. The molecule has 1 aromatic carbocycles. The lowest BCUT2D eigenvalue weighted by atomic mass is 9.86. The van der Waals surface area contributed by atoms with Crippen LogP contribution < -0.4 is 5.32 Å². The first kappa shape index (κ1) is 13.9. The molecule has 0 bridgehead atoms. The maximum absolute atomic E-state index is 9.52. The van der Waals surface area contributed by atoms with Crippen LogP contribution in [0.2, 0.25) is 0 Å². The average Bonchev–Trinajstić information content (AvgIpc) is 2.79. The first-order chi connectivity index (χ1) is 8.68. The molecule has 2 atom stereocenters. The van der Waals surface area contributed by atoms with Gasteiger partial charge in [0.1, 0.15) is 0 Å². The number of hydrogen-bond donors (Lipinski definition) is 2. The molecule has 2 N–H and O–H groups in total. The van der Waals surface area contributed by atoms with Gasteiger partial charge in [0.15, 0.2) is 0 Å². The summed E-state index contributed by atoms with van der Waals surface area (Å²) in [6.07, 6.45) is 5.63. The van der Waals surface area contributed by atoms with Crippen molar-refractivity contribution in [3.05, 3.63) is 29.8 Å². The fourth-order valence-corrected chi connectivity index (χ4v) is 3.16. The maximum Gasteiger partial charge on any atom is 0.0499 e. The quantitative estimate of drug-likeness (QED) is 0.803. The second kappa shape index (κ2) is 6.09. The monoisotopic (exact) mass is 265 g/mol. The minimum atomic E-state index is 0.0687. The molecule has 3 heteroatoms. The van der Waals surface area contributed by atoms with Crippen molar-refractivity contribution in [2.24, 2.45) is 5.41 Å². The van der Waals surface area contributed by atoms with Crippen molar-refractivity contribution in [1.82, 2.24) is 5.32 Å². The van der Waals surface area contributed by atoms with E-state index in [9.17, 15) is 5.11 Å². The second-order valence-corrected chi connectivity index (χ2v) is 6.37. The highest BCUT2D eigenvalue weighted by Crippen LogP contribution is 2.37. The highest BCUT2D eigenvalue weighted by atomic mass is 32.2. The van der Waals surface area contributed by atoms with Crippen LogP contribution in [0.3, 0.4) is 0 Å². The molecule has 0 spiro atoms. The lowest BCUT2D eigenvalue weighted by molar-refractivity contribution is 0.118. The molecular formula is C15H23NOS. The van der Waals surface area contributed by atoms with E-state index in [4.69, 9.17) is 0 Å². The van der Waals surface area contributed by atoms with Crippen LogP contribution in [-0.2, 0) is 6.54 Å². The number of hydrogen-bond acceptors (Lipinski definition) is 3. The van der Waals surface area contributed by atoms with E-state index >= 15 is 0 Å². The molecule has 1 aromatic rings. The van der Waals surface area contributed by atoms with Crippen LogP contribution in [0.25, 0.3) is 0 Å². The molecule has 0 aromatic heterocycles. The van der Waals surface area contributed by atoms with Crippen LogP contribution in [0.1, 0.15) is 31.7 Å². The van der Waals surface area contributed by atoms with E-state index in [1.54, 1.807) is 11.8 Å². The minimum absolute atomic E-state index is 0.0687. The van der Waals surface area contributed by atoms with E-state index in [1.807, 2.05) is 0 Å². The van der Waals surface area contributed by atoms with Crippen LogP contribution in [0, 0.1) is 5.41 Å². The molecule has 1 aliphatic rings. The molecule has 18 heavy (non-hydrogen) atoms. The zero-order valence-corrected chi connectivity index (χ0v) is 12.1. The molecule has 1 fully saturated rings. The van der Waals surface area contributed by atoms with Gasteiger partial charge in [-0.1, -0.05) is 25.5 Å². The van der Waals surface area contributed by atoms with Crippen molar-refractivity contribution in [3.8, 4) is 0 Å². The van der Waals surface area contributed by atoms with E-state index in [2.05, 4.69) is 42.8 Å². The van der Waals surface area contributed by atoms with E-state index in [-0.39, 0.29) is 12.0 Å². The molecule has 2 nitrogen and oxygen atoms in total. The van der Waals surface area contributed by atoms with Gasteiger partial charge >= 0.3 is 0 Å². The summed E-state index contributed by atoms with van der Waals surface area (Å²) in [7, 11) is 0. The van der Waals surface area contributed by atoms with Gasteiger partial charge in [-0.25, -0.2) is 0 Å². The van der Waals surface area contributed by atoms with E-state index in [0.717, 1.165) is 13.0 Å². The average molecular weight is 265 g/mol. The molecule has 0 aliphatic heterocycles. The number of benzene rings is 1. The molecule has 2 unspecified atom stereocenters. The first-order valence-corrected chi connectivity index (χ1v) is 7.87. The summed E-state index contributed by atoms with van der Waals surface area (Å²) in [5.74, 6) is 0. The molecule has 0 heterocycles. The number of aliphatic hydroxyl groups is 1. The third kappa shape index (κ3) is 3.08. The van der Waals surface area contributed by atoms with Crippen molar-refractivity contribution < 1.29 is 5.11 Å². The molecule has 0 saturated heterocycles. The van der Waals surface area contributed by atoms with Crippen LogP contribution in [0.5, 0.6) is 0 Å². The third-order valence-electron chi connectivity index (χ3n) is 4.15. The molecule has 1 aliphatic carbocycles.